The van der Waals surface area contributed by atoms with Gasteiger partial charge in [-0.2, -0.15) is 0 Å². The summed E-state index contributed by atoms with van der Waals surface area (Å²) >= 11 is 0. The van der Waals surface area contributed by atoms with Gasteiger partial charge in [-0.15, -0.1) is 0 Å². The van der Waals surface area contributed by atoms with E-state index >= 15 is 0 Å². The number of rotatable bonds is 3. The molecule has 0 aliphatic carbocycles. The predicted octanol–water partition coefficient (Wildman–Crippen LogP) is 0.525. The Balaban J connectivity index is 2.44. The Morgan fingerprint density at radius 1 is 1.41 bits per heavy atom. The number of amides is 2. The fourth-order valence-corrected chi connectivity index (χ4v) is 1.81. The summed E-state index contributed by atoms with van der Waals surface area (Å²) in [5.41, 5.74) is 4.94. The van der Waals surface area contributed by atoms with Crippen molar-refractivity contribution >= 4 is 11.8 Å². The minimum absolute atomic E-state index is 0.0640. The lowest BCUT2D eigenvalue weighted by atomic mass is 9.97. The molecule has 1 rings (SSSR count). The van der Waals surface area contributed by atoms with Gasteiger partial charge in [0, 0.05) is 13.1 Å². The smallest absolute Gasteiger partial charge is 0.248 e. The number of piperidine rings is 1. The molecule has 5 heteroatoms. The summed E-state index contributed by atoms with van der Waals surface area (Å²) in [7, 11) is 0. The first-order valence-electron chi connectivity index (χ1n) is 6.00. The maximum absolute atomic E-state index is 11.9. The summed E-state index contributed by atoms with van der Waals surface area (Å²) in [5, 5.41) is 0. The third kappa shape index (κ3) is 4.73. The number of hydrogen-bond donors (Lipinski definition) is 1. The fraction of sp³-hybridized carbons (Fsp3) is 0.833. The lowest BCUT2D eigenvalue weighted by Crippen LogP contribution is -2.46. The number of carbonyl (C=O) groups excluding carboxylic acids is 2. The Hall–Kier alpha value is -1.10. The summed E-state index contributed by atoms with van der Waals surface area (Å²) < 4.78 is 5.43. The highest BCUT2D eigenvalue weighted by atomic mass is 16.5. The minimum atomic E-state index is -0.325. The first-order valence-corrected chi connectivity index (χ1v) is 6.00. The van der Waals surface area contributed by atoms with E-state index in [1.165, 1.54) is 0 Å². The summed E-state index contributed by atoms with van der Waals surface area (Å²) in [5.74, 6) is -0.590. The highest BCUT2D eigenvalue weighted by molar-refractivity contribution is 5.80. The van der Waals surface area contributed by atoms with Crippen LogP contribution in [0.3, 0.4) is 0 Å². The van der Waals surface area contributed by atoms with E-state index in [0.717, 1.165) is 12.8 Å². The van der Waals surface area contributed by atoms with Gasteiger partial charge in [-0.05, 0) is 33.6 Å². The van der Waals surface area contributed by atoms with E-state index in [0.29, 0.717) is 13.1 Å². The molecule has 0 aromatic rings. The SMILES string of the molecule is CC(C)(C)OCC(=O)N1CCCC(C(N)=O)C1. The van der Waals surface area contributed by atoms with Crippen molar-refractivity contribution in [2.45, 2.75) is 39.2 Å². The van der Waals surface area contributed by atoms with E-state index < -0.39 is 0 Å². The van der Waals surface area contributed by atoms with Gasteiger partial charge in [0.15, 0.2) is 0 Å². The van der Waals surface area contributed by atoms with Crippen LogP contribution in [-0.4, -0.2) is 42.0 Å². The van der Waals surface area contributed by atoms with Crippen LogP contribution in [0.15, 0.2) is 0 Å². The van der Waals surface area contributed by atoms with Crippen molar-refractivity contribution in [2.24, 2.45) is 11.7 Å². The zero-order chi connectivity index (χ0) is 13.1. The number of ether oxygens (including phenoxy) is 1. The first-order chi connectivity index (χ1) is 7.79. The minimum Gasteiger partial charge on any atom is -0.369 e. The van der Waals surface area contributed by atoms with Gasteiger partial charge in [0.1, 0.15) is 6.61 Å². The van der Waals surface area contributed by atoms with Crippen LogP contribution in [0.2, 0.25) is 0 Å². The molecular formula is C12H22N2O3. The lowest BCUT2D eigenvalue weighted by molar-refractivity contribution is -0.143. The number of carbonyl (C=O) groups is 2. The van der Waals surface area contributed by atoms with Crippen molar-refractivity contribution in [3.8, 4) is 0 Å². The molecule has 1 atom stereocenters. The molecule has 0 aromatic heterocycles. The van der Waals surface area contributed by atoms with Crippen LogP contribution in [0.4, 0.5) is 0 Å². The maximum Gasteiger partial charge on any atom is 0.248 e. The Morgan fingerprint density at radius 2 is 2.06 bits per heavy atom. The van der Waals surface area contributed by atoms with Crippen LogP contribution in [0.1, 0.15) is 33.6 Å². The summed E-state index contributed by atoms with van der Waals surface area (Å²) in [6, 6.07) is 0. The molecule has 1 fully saturated rings. The average Bonchev–Trinajstić information content (AvgIpc) is 2.25. The standard InChI is InChI=1S/C12H22N2O3/c1-12(2,3)17-8-10(15)14-6-4-5-9(7-14)11(13)16/h9H,4-8H2,1-3H3,(H2,13,16). The molecule has 1 aliphatic rings. The van der Waals surface area contributed by atoms with Gasteiger partial charge in [0.25, 0.3) is 0 Å². The second kappa shape index (κ2) is 5.49. The second-order valence-electron chi connectivity index (χ2n) is 5.48. The molecule has 5 nitrogen and oxygen atoms in total. The number of nitrogens with two attached hydrogens (primary N) is 1. The molecule has 2 amide bonds. The molecule has 17 heavy (non-hydrogen) atoms. The fourth-order valence-electron chi connectivity index (χ4n) is 1.81. The van der Waals surface area contributed by atoms with E-state index in [2.05, 4.69) is 0 Å². The molecule has 0 aromatic carbocycles. The molecule has 0 bridgehead atoms. The van der Waals surface area contributed by atoms with Crippen LogP contribution < -0.4 is 5.73 Å². The molecule has 98 valence electrons. The van der Waals surface area contributed by atoms with Crippen molar-refractivity contribution in [3.05, 3.63) is 0 Å². The summed E-state index contributed by atoms with van der Waals surface area (Å²) in [6.45, 7) is 6.90. The first kappa shape index (κ1) is 14.0. The third-order valence-corrected chi connectivity index (χ3v) is 2.81. The monoisotopic (exact) mass is 242 g/mol. The van der Waals surface area contributed by atoms with E-state index in [1.807, 2.05) is 20.8 Å². The van der Waals surface area contributed by atoms with Gasteiger partial charge < -0.3 is 15.4 Å². The molecule has 0 spiro atoms. The molecule has 2 N–H and O–H groups in total. The van der Waals surface area contributed by atoms with Crippen molar-refractivity contribution in [1.82, 2.24) is 4.90 Å². The van der Waals surface area contributed by atoms with Crippen molar-refractivity contribution in [3.63, 3.8) is 0 Å². The van der Waals surface area contributed by atoms with Crippen LogP contribution >= 0.6 is 0 Å². The molecule has 1 unspecified atom stereocenters. The Labute approximate surface area is 102 Å². The quantitative estimate of drug-likeness (QED) is 0.784. The molecule has 0 saturated carbocycles. The second-order valence-corrected chi connectivity index (χ2v) is 5.48. The van der Waals surface area contributed by atoms with Crippen LogP contribution in [0.5, 0.6) is 0 Å². The predicted molar refractivity (Wildman–Crippen MR) is 64.2 cm³/mol. The molecule has 1 aliphatic heterocycles. The van der Waals surface area contributed by atoms with Gasteiger partial charge in [-0.1, -0.05) is 0 Å². The summed E-state index contributed by atoms with van der Waals surface area (Å²) in [4.78, 5) is 24.6. The van der Waals surface area contributed by atoms with E-state index in [-0.39, 0.29) is 29.9 Å². The zero-order valence-electron chi connectivity index (χ0n) is 10.9. The number of nitrogens with zero attached hydrogens (tertiary/aromatic N) is 1. The van der Waals surface area contributed by atoms with Gasteiger partial charge >= 0.3 is 0 Å². The van der Waals surface area contributed by atoms with Gasteiger partial charge in [0.2, 0.25) is 11.8 Å². The van der Waals surface area contributed by atoms with Gasteiger partial charge in [-0.25, -0.2) is 0 Å². The molecule has 1 saturated heterocycles. The van der Waals surface area contributed by atoms with Crippen LogP contribution in [0.25, 0.3) is 0 Å². The Kier molecular flexibility index (Phi) is 4.51. The highest BCUT2D eigenvalue weighted by Gasteiger charge is 2.27. The maximum atomic E-state index is 11.9. The van der Waals surface area contributed by atoms with Gasteiger partial charge in [0.05, 0.1) is 11.5 Å². The number of hydrogen-bond acceptors (Lipinski definition) is 3. The van der Waals surface area contributed by atoms with E-state index in [4.69, 9.17) is 10.5 Å². The Morgan fingerprint density at radius 3 is 2.59 bits per heavy atom. The Bertz CT molecular complexity index is 297. The van der Waals surface area contributed by atoms with Crippen molar-refractivity contribution < 1.29 is 14.3 Å². The van der Waals surface area contributed by atoms with E-state index in [9.17, 15) is 9.59 Å². The van der Waals surface area contributed by atoms with Crippen LogP contribution in [-0.2, 0) is 14.3 Å². The van der Waals surface area contributed by atoms with E-state index in [1.54, 1.807) is 4.90 Å². The van der Waals surface area contributed by atoms with Crippen molar-refractivity contribution in [1.29, 1.82) is 0 Å². The number of likely N-dealkylation sites (tertiary alicyclic amines) is 1. The molecular weight excluding hydrogens is 220 g/mol. The third-order valence-electron chi connectivity index (χ3n) is 2.81. The topological polar surface area (TPSA) is 72.6 Å². The normalized spacial score (nSPS) is 21.4. The molecule has 1 heterocycles. The van der Waals surface area contributed by atoms with Gasteiger partial charge in [-0.3, -0.25) is 9.59 Å². The zero-order valence-corrected chi connectivity index (χ0v) is 10.9. The average molecular weight is 242 g/mol. The lowest BCUT2D eigenvalue weighted by Gasteiger charge is -2.32. The summed E-state index contributed by atoms with van der Waals surface area (Å²) in [6.07, 6.45) is 1.61. The van der Waals surface area contributed by atoms with Crippen molar-refractivity contribution in [2.75, 3.05) is 19.7 Å². The largest absolute Gasteiger partial charge is 0.369 e. The van der Waals surface area contributed by atoms with Crippen LogP contribution in [0, 0.1) is 5.92 Å². The molecule has 0 radical (unpaired) electrons. The highest BCUT2D eigenvalue weighted by Crippen LogP contribution is 2.16. The number of primary amides is 1.